The topological polar surface area (TPSA) is 24.5 Å². The zero-order valence-electron chi connectivity index (χ0n) is 12.1. The van der Waals surface area contributed by atoms with Gasteiger partial charge in [0, 0.05) is 19.7 Å². The highest BCUT2D eigenvalue weighted by molar-refractivity contribution is 5.19. The molecule has 0 radical (unpaired) electrons. The highest BCUT2D eigenvalue weighted by atomic mass is 16.5. The molecular formula is C16H26N2O. The van der Waals surface area contributed by atoms with Gasteiger partial charge in [-0.25, -0.2) is 0 Å². The third kappa shape index (κ3) is 4.30. The number of nitrogens with zero attached hydrogens (tertiary/aromatic N) is 1. The maximum atomic E-state index is 5.41. The zero-order valence-corrected chi connectivity index (χ0v) is 12.1. The molecule has 1 fully saturated rings. The number of hydrogen-bond donors (Lipinski definition) is 1. The summed E-state index contributed by atoms with van der Waals surface area (Å²) in [4.78, 5) is 2.42. The maximum Gasteiger partial charge on any atom is 0.0659 e. The van der Waals surface area contributed by atoms with E-state index in [0.29, 0.717) is 12.1 Å². The molecule has 0 amide bonds. The fraction of sp³-hybridized carbons (Fsp3) is 0.625. The second-order valence-electron chi connectivity index (χ2n) is 5.47. The monoisotopic (exact) mass is 262 g/mol. The van der Waals surface area contributed by atoms with Gasteiger partial charge in [0.15, 0.2) is 0 Å². The number of ether oxygens (including phenoxy) is 1. The normalized spacial score (nSPS) is 21.5. The second kappa shape index (κ2) is 7.63. The molecule has 1 N–H and O–H groups in total. The number of likely N-dealkylation sites (N-methyl/N-ethyl adjacent to an activating group) is 1. The van der Waals surface area contributed by atoms with Gasteiger partial charge in [-0.05, 0) is 32.0 Å². The molecule has 0 aliphatic carbocycles. The number of benzene rings is 1. The van der Waals surface area contributed by atoms with Crippen LogP contribution in [0.3, 0.4) is 0 Å². The first-order valence-corrected chi connectivity index (χ1v) is 7.28. The molecule has 2 rings (SSSR count). The van der Waals surface area contributed by atoms with Crippen LogP contribution in [0.4, 0.5) is 0 Å². The Balaban J connectivity index is 1.97. The first kappa shape index (κ1) is 14.5. The van der Waals surface area contributed by atoms with Crippen molar-refractivity contribution in [3.05, 3.63) is 35.9 Å². The number of hydrogen-bond acceptors (Lipinski definition) is 3. The van der Waals surface area contributed by atoms with E-state index in [4.69, 9.17) is 4.74 Å². The van der Waals surface area contributed by atoms with Gasteiger partial charge in [0.05, 0.1) is 12.6 Å². The van der Waals surface area contributed by atoms with Crippen molar-refractivity contribution in [2.45, 2.75) is 31.3 Å². The summed E-state index contributed by atoms with van der Waals surface area (Å²) < 4.78 is 5.41. The lowest BCUT2D eigenvalue weighted by Gasteiger charge is -2.33. The Kier molecular flexibility index (Phi) is 5.83. The van der Waals surface area contributed by atoms with E-state index in [2.05, 4.69) is 47.6 Å². The van der Waals surface area contributed by atoms with E-state index in [1.807, 2.05) is 0 Å². The molecule has 0 aromatic heterocycles. The third-order valence-electron chi connectivity index (χ3n) is 3.96. The molecule has 1 aliphatic rings. The van der Waals surface area contributed by atoms with Crippen LogP contribution >= 0.6 is 0 Å². The smallest absolute Gasteiger partial charge is 0.0659 e. The van der Waals surface area contributed by atoms with E-state index in [-0.39, 0.29) is 0 Å². The zero-order chi connectivity index (χ0) is 13.5. The maximum absolute atomic E-state index is 5.41. The molecular weight excluding hydrogens is 236 g/mol. The SMILES string of the molecule is COCC(c1ccccc1)N(C)CC1CCCCN1. The van der Waals surface area contributed by atoms with Crippen molar-refractivity contribution in [1.29, 1.82) is 0 Å². The fourth-order valence-electron chi connectivity index (χ4n) is 2.87. The van der Waals surface area contributed by atoms with Crippen LogP contribution in [0.1, 0.15) is 30.9 Å². The lowest BCUT2D eigenvalue weighted by atomic mass is 10.0. The summed E-state index contributed by atoms with van der Waals surface area (Å²) in [6.45, 7) is 2.99. The summed E-state index contributed by atoms with van der Waals surface area (Å²) in [5.41, 5.74) is 1.34. The summed E-state index contributed by atoms with van der Waals surface area (Å²) in [7, 11) is 3.98. The number of rotatable bonds is 6. The standard InChI is InChI=1S/C16H26N2O/c1-18(12-15-10-6-7-11-17-15)16(13-19-2)14-8-4-3-5-9-14/h3-5,8-9,15-17H,6-7,10-13H2,1-2H3. The van der Waals surface area contributed by atoms with Crippen molar-refractivity contribution >= 4 is 0 Å². The Bertz CT molecular complexity index is 349. The molecule has 3 heteroatoms. The average Bonchev–Trinajstić information content (AvgIpc) is 2.46. The summed E-state index contributed by atoms with van der Waals surface area (Å²) in [6.07, 6.45) is 3.96. The molecule has 3 nitrogen and oxygen atoms in total. The molecule has 1 heterocycles. The van der Waals surface area contributed by atoms with E-state index < -0.39 is 0 Å². The number of methoxy groups -OCH3 is 1. The summed E-state index contributed by atoms with van der Waals surface area (Å²) in [6, 6.07) is 11.6. The van der Waals surface area contributed by atoms with Crippen molar-refractivity contribution in [3.63, 3.8) is 0 Å². The molecule has 0 bridgehead atoms. The van der Waals surface area contributed by atoms with E-state index in [1.54, 1.807) is 7.11 Å². The van der Waals surface area contributed by atoms with Gasteiger partial charge < -0.3 is 10.1 Å². The van der Waals surface area contributed by atoms with E-state index in [1.165, 1.54) is 31.4 Å². The molecule has 1 aromatic carbocycles. The lowest BCUT2D eigenvalue weighted by molar-refractivity contribution is 0.0973. The van der Waals surface area contributed by atoms with Crippen LogP contribution in [0.25, 0.3) is 0 Å². The van der Waals surface area contributed by atoms with Gasteiger partial charge in [0.25, 0.3) is 0 Å². The Morgan fingerprint density at radius 2 is 2.11 bits per heavy atom. The van der Waals surface area contributed by atoms with E-state index in [9.17, 15) is 0 Å². The predicted octanol–water partition coefficient (Wildman–Crippen LogP) is 2.45. The van der Waals surface area contributed by atoms with E-state index >= 15 is 0 Å². The van der Waals surface area contributed by atoms with Crippen molar-refractivity contribution in [1.82, 2.24) is 10.2 Å². The van der Waals surface area contributed by atoms with Crippen LogP contribution < -0.4 is 5.32 Å². The van der Waals surface area contributed by atoms with Gasteiger partial charge in [0.2, 0.25) is 0 Å². The molecule has 1 aliphatic heterocycles. The van der Waals surface area contributed by atoms with Crippen LogP contribution in [-0.4, -0.2) is 44.8 Å². The third-order valence-corrected chi connectivity index (χ3v) is 3.96. The Morgan fingerprint density at radius 1 is 1.32 bits per heavy atom. The molecule has 0 saturated carbocycles. The second-order valence-corrected chi connectivity index (χ2v) is 5.47. The Hall–Kier alpha value is -0.900. The van der Waals surface area contributed by atoms with Crippen LogP contribution in [0.15, 0.2) is 30.3 Å². The summed E-state index contributed by atoms with van der Waals surface area (Å²) in [5, 5.41) is 3.62. The molecule has 1 saturated heterocycles. The van der Waals surface area contributed by atoms with Crippen molar-refractivity contribution in [3.8, 4) is 0 Å². The molecule has 0 spiro atoms. The van der Waals surface area contributed by atoms with Crippen LogP contribution in [0.2, 0.25) is 0 Å². The quantitative estimate of drug-likeness (QED) is 0.852. The number of piperidine rings is 1. The first-order valence-electron chi connectivity index (χ1n) is 7.28. The summed E-state index contributed by atoms with van der Waals surface area (Å²) in [5.74, 6) is 0. The van der Waals surface area contributed by atoms with Crippen LogP contribution in [-0.2, 0) is 4.74 Å². The molecule has 106 valence electrons. The Labute approximate surface area is 116 Å². The van der Waals surface area contributed by atoms with Gasteiger partial charge in [-0.1, -0.05) is 36.8 Å². The predicted molar refractivity (Wildman–Crippen MR) is 79.3 cm³/mol. The Morgan fingerprint density at radius 3 is 2.74 bits per heavy atom. The van der Waals surface area contributed by atoms with Gasteiger partial charge in [-0.2, -0.15) is 0 Å². The minimum Gasteiger partial charge on any atom is -0.383 e. The highest BCUT2D eigenvalue weighted by Gasteiger charge is 2.21. The summed E-state index contributed by atoms with van der Waals surface area (Å²) >= 11 is 0. The minimum absolute atomic E-state index is 0.343. The molecule has 2 unspecified atom stereocenters. The molecule has 19 heavy (non-hydrogen) atoms. The van der Waals surface area contributed by atoms with Crippen LogP contribution in [0.5, 0.6) is 0 Å². The largest absolute Gasteiger partial charge is 0.383 e. The lowest BCUT2D eigenvalue weighted by Crippen LogP contribution is -2.44. The fourth-order valence-corrected chi connectivity index (χ4v) is 2.87. The van der Waals surface area contributed by atoms with Gasteiger partial charge in [0.1, 0.15) is 0 Å². The highest BCUT2D eigenvalue weighted by Crippen LogP contribution is 2.20. The van der Waals surface area contributed by atoms with Crippen molar-refractivity contribution in [2.75, 3.05) is 33.9 Å². The van der Waals surface area contributed by atoms with Gasteiger partial charge in [-0.15, -0.1) is 0 Å². The minimum atomic E-state index is 0.343. The van der Waals surface area contributed by atoms with Gasteiger partial charge in [-0.3, -0.25) is 4.90 Å². The average molecular weight is 262 g/mol. The first-order chi connectivity index (χ1) is 9.31. The van der Waals surface area contributed by atoms with Crippen molar-refractivity contribution < 1.29 is 4.74 Å². The molecule has 2 atom stereocenters. The van der Waals surface area contributed by atoms with E-state index in [0.717, 1.165) is 13.2 Å². The van der Waals surface area contributed by atoms with Crippen LogP contribution in [0, 0.1) is 0 Å². The molecule has 1 aromatic rings. The number of nitrogens with one attached hydrogen (secondary N) is 1. The van der Waals surface area contributed by atoms with Gasteiger partial charge >= 0.3 is 0 Å². The van der Waals surface area contributed by atoms with Crippen molar-refractivity contribution in [2.24, 2.45) is 0 Å².